The lowest BCUT2D eigenvalue weighted by Crippen LogP contribution is -2.03. The summed E-state index contributed by atoms with van der Waals surface area (Å²) in [6, 6.07) is 5.12. The molecule has 0 aromatic heterocycles. The number of unbranched alkanes of at least 4 members (excludes halogenated alkanes) is 25. The van der Waals surface area contributed by atoms with Crippen LogP contribution in [-0.4, -0.2) is 25.7 Å². The smallest absolute Gasteiger partial charge is 0.330 e. The SMILES string of the molecule is CCCCCCCCCCCCCCCCCCCCCCCCCCCCOC(=O)C=Cc1ccc(OC(C)=O)c(OC)c1. The van der Waals surface area contributed by atoms with Crippen molar-refractivity contribution >= 4 is 18.0 Å². The highest BCUT2D eigenvalue weighted by Crippen LogP contribution is 2.28. The first-order valence-corrected chi connectivity index (χ1v) is 18.8. The lowest BCUT2D eigenvalue weighted by Gasteiger charge is -2.08. The molecule has 0 heterocycles. The van der Waals surface area contributed by atoms with Crippen LogP contribution in [0.5, 0.6) is 11.5 Å². The molecule has 0 aliphatic carbocycles. The van der Waals surface area contributed by atoms with Gasteiger partial charge in [-0.3, -0.25) is 4.79 Å². The minimum absolute atomic E-state index is 0.349. The molecule has 1 aromatic rings. The number of benzene rings is 1. The largest absolute Gasteiger partial charge is 0.493 e. The summed E-state index contributed by atoms with van der Waals surface area (Å²) < 4.78 is 15.7. The van der Waals surface area contributed by atoms with Crippen LogP contribution >= 0.6 is 0 Å². The minimum Gasteiger partial charge on any atom is -0.493 e. The molecule has 0 unspecified atom stereocenters. The third-order valence-corrected chi connectivity index (χ3v) is 8.60. The molecule has 0 N–H and O–H groups in total. The Morgan fingerprint density at radius 2 is 0.978 bits per heavy atom. The van der Waals surface area contributed by atoms with Gasteiger partial charge in [-0.25, -0.2) is 4.79 Å². The summed E-state index contributed by atoms with van der Waals surface area (Å²) in [5.74, 6) is 0.0283. The Bertz CT molecular complexity index is 877. The molecule has 0 bridgehead atoms. The van der Waals surface area contributed by atoms with Crippen LogP contribution in [0.4, 0.5) is 0 Å². The Labute approximate surface area is 277 Å². The van der Waals surface area contributed by atoms with E-state index in [1.165, 1.54) is 174 Å². The van der Waals surface area contributed by atoms with Crippen molar-refractivity contribution in [2.45, 2.75) is 181 Å². The van der Waals surface area contributed by atoms with Crippen LogP contribution in [-0.2, 0) is 14.3 Å². The Kier molecular flexibility index (Phi) is 27.5. The molecule has 0 aliphatic rings. The molecule has 0 saturated heterocycles. The lowest BCUT2D eigenvalue weighted by molar-refractivity contribution is -0.137. The van der Waals surface area contributed by atoms with Crippen LogP contribution in [0.15, 0.2) is 24.3 Å². The molecule has 0 spiro atoms. The first kappa shape index (κ1) is 40.7. The summed E-state index contributed by atoms with van der Waals surface area (Å²) in [7, 11) is 1.51. The average molecular weight is 629 g/mol. The fourth-order valence-corrected chi connectivity index (χ4v) is 5.83. The van der Waals surface area contributed by atoms with E-state index in [9.17, 15) is 9.59 Å². The van der Waals surface area contributed by atoms with Crippen molar-refractivity contribution in [3.63, 3.8) is 0 Å². The molecule has 0 saturated carbocycles. The highest BCUT2D eigenvalue weighted by atomic mass is 16.6. The van der Waals surface area contributed by atoms with E-state index >= 15 is 0 Å². The first-order chi connectivity index (χ1) is 22.1. The van der Waals surface area contributed by atoms with E-state index in [0.717, 1.165) is 18.4 Å². The third kappa shape index (κ3) is 25.6. The number of carbonyl (C=O) groups excluding carboxylic acids is 2. The molecule has 0 fully saturated rings. The van der Waals surface area contributed by atoms with Gasteiger partial charge in [0.2, 0.25) is 0 Å². The molecular weight excluding hydrogens is 560 g/mol. The van der Waals surface area contributed by atoms with Gasteiger partial charge in [-0.05, 0) is 30.2 Å². The minimum atomic E-state index is -0.411. The Balaban J connectivity index is 1.82. The second-order valence-electron chi connectivity index (χ2n) is 12.8. The maximum atomic E-state index is 12.0. The summed E-state index contributed by atoms with van der Waals surface area (Å²) in [5, 5.41) is 0. The van der Waals surface area contributed by atoms with E-state index in [-0.39, 0.29) is 5.97 Å². The molecule has 45 heavy (non-hydrogen) atoms. The van der Waals surface area contributed by atoms with Crippen LogP contribution in [0.1, 0.15) is 186 Å². The molecular formula is C40H68O5. The number of hydrogen-bond donors (Lipinski definition) is 0. The van der Waals surface area contributed by atoms with Crippen molar-refractivity contribution in [1.82, 2.24) is 0 Å². The Morgan fingerprint density at radius 1 is 0.578 bits per heavy atom. The molecule has 5 nitrogen and oxygen atoms in total. The highest BCUT2D eigenvalue weighted by Gasteiger charge is 2.07. The van der Waals surface area contributed by atoms with Gasteiger partial charge in [0.25, 0.3) is 0 Å². The van der Waals surface area contributed by atoms with Crippen LogP contribution in [0.3, 0.4) is 0 Å². The number of methoxy groups -OCH3 is 1. The van der Waals surface area contributed by atoms with Gasteiger partial charge in [0.15, 0.2) is 11.5 Å². The number of carbonyl (C=O) groups is 2. The average Bonchev–Trinajstić information content (AvgIpc) is 3.03. The quantitative estimate of drug-likeness (QED) is 0.0354. The zero-order valence-corrected chi connectivity index (χ0v) is 29.5. The second kappa shape index (κ2) is 30.4. The van der Waals surface area contributed by atoms with Crippen molar-refractivity contribution < 1.29 is 23.8 Å². The maximum absolute atomic E-state index is 12.0. The predicted octanol–water partition coefficient (Wildman–Crippen LogP) is 12.3. The Morgan fingerprint density at radius 3 is 1.36 bits per heavy atom. The lowest BCUT2D eigenvalue weighted by atomic mass is 10.0. The molecule has 1 rings (SSSR count). The maximum Gasteiger partial charge on any atom is 0.330 e. The molecule has 0 atom stereocenters. The number of hydrogen-bond acceptors (Lipinski definition) is 5. The van der Waals surface area contributed by atoms with Gasteiger partial charge in [-0.1, -0.05) is 174 Å². The topological polar surface area (TPSA) is 61.8 Å². The van der Waals surface area contributed by atoms with Gasteiger partial charge in [0.1, 0.15) is 0 Å². The predicted molar refractivity (Wildman–Crippen MR) is 190 cm³/mol. The van der Waals surface area contributed by atoms with Crippen LogP contribution < -0.4 is 9.47 Å². The molecule has 0 aliphatic heterocycles. The van der Waals surface area contributed by atoms with Crippen molar-refractivity contribution in [2.75, 3.05) is 13.7 Å². The van der Waals surface area contributed by atoms with E-state index in [4.69, 9.17) is 14.2 Å². The van der Waals surface area contributed by atoms with Gasteiger partial charge in [0.05, 0.1) is 13.7 Å². The summed E-state index contributed by atoms with van der Waals surface area (Å²) in [4.78, 5) is 23.2. The zero-order valence-electron chi connectivity index (χ0n) is 29.5. The van der Waals surface area contributed by atoms with E-state index in [0.29, 0.717) is 18.1 Å². The first-order valence-electron chi connectivity index (χ1n) is 18.8. The summed E-state index contributed by atoms with van der Waals surface area (Å²) in [6.45, 7) is 4.09. The second-order valence-corrected chi connectivity index (χ2v) is 12.8. The Hall–Kier alpha value is -2.30. The molecule has 1 aromatic carbocycles. The van der Waals surface area contributed by atoms with Crippen molar-refractivity contribution in [3.8, 4) is 11.5 Å². The molecule has 5 heteroatoms. The monoisotopic (exact) mass is 629 g/mol. The van der Waals surface area contributed by atoms with E-state index < -0.39 is 5.97 Å². The third-order valence-electron chi connectivity index (χ3n) is 8.60. The van der Waals surface area contributed by atoms with E-state index in [1.807, 2.05) is 0 Å². The standard InChI is InChI=1S/C40H68O5/c1-4-5-6-7-8-9-10-11-12-13-14-15-16-17-18-19-20-21-22-23-24-25-26-27-28-29-34-44-40(42)33-31-37-30-32-38(45-36(2)41)39(35-37)43-3/h30-33,35H,4-29,34H2,1-3H3. The molecule has 0 amide bonds. The zero-order chi connectivity index (χ0) is 32.6. The number of ether oxygens (including phenoxy) is 3. The molecule has 0 radical (unpaired) electrons. The van der Waals surface area contributed by atoms with E-state index in [1.54, 1.807) is 24.3 Å². The fraction of sp³-hybridized carbons (Fsp3) is 0.750. The normalized spacial score (nSPS) is 11.3. The van der Waals surface area contributed by atoms with Gasteiger partial charge in [0, 0.05) is 13.0 Å². The van der Waals surface area contributed by atoms with Gasteiger partial charge in [-0.2, -0.15) is 0 Å². The fourth-order valence-electron chi connectivity index (χ4n) is 5.83. The van der Waals surface area contributed by atoms with Crippen molar-refractivity contribution in [3.05, 3.63) is 29.8 Å². The van der Waals surface area contributed by atoms with Crippen LogP contribution in [0, 0.1) is 0 Å². The van der Waals surface area contributed by atoms with Crippen LogP contribution in [0.2, 0.25) is 0 Å². The van der Waals surface area contributed by atoms with Gasteiger partial charge >= 0.3 is 11.9 Å². The van der Waals surface area contributed by atoms with E-state index in [2.05, 4.69) is 6.92 Å². The van der Waals surface area contributed by atoms with Crippen LogP contribution in [0.25, 0.3) is 6.08 Å². The number of esters is 2. The van der Waals surface area contributed by atoms with Crippen molar-refractivity contribution in [1.29, 1.82) is 0 Å². The highest BCUT2D eigenvalue weighted by molar-refractivity contribution is 5.87. The van der Waals surface area contributed by atoms with Gasteiger partial charge < -0.3 is 14.2 Å². The molecule has 258 valence electrons. The van der Waals surface area contributed by atoms with Gasteiger partial charge in [-0.15, -0.1) is 0 Å². The summed E-state index contributed by atoms with van der Waals surface area (Å²) >= 11 is 0. The van der Waals surface area contributed by atoms with Crippen molar-refractivity contribution in [2.24, 2.45) is 0 Å². The number of rotatable bonds is 31. The summed E-state index contributed by atoms with van der Waals surface area (Å²) in [5.41, 5.74) is 0.764. The summed E-state index contributed by atoms with van der Waals surface area (Å²) in [6.07, 6.45) is 39.0.